The van der Waals surface area contributed by atoms with Gasteiger partial charge in [-0.25, -0.2) is 17.9 Å². The highest BCUT2D eigenvalue weighted by Gasteiger charge is 2.18. The summed E-state index contributed by atoms with van der Waals surface area (Å²) in [5, 5.41) is 11.9. The minimum Gasteiger partial charge on any atom is -0.508 e. The Kier molecular flexibility index (Phi) is 5.17. The third kappa shape index (κ3) is 4.44. The maximum absolute atomic E-state index is 11.9. The topological polar surface area (TPSA) is 95.5 Å². The predicted molar refractivity (Wildman–Crippen MR) is 71.5 cm³/mol. The molecule has 1 aromatic carbocycles. The van der Waals surface area contributed by atoms with Crippen LogP contribution in [0.25, 0.3) is 0 Å². The largest absolute Gasteiger partial charge is 0.508 e. The van der Waals surface area contributed by atoms with Gasteiger partial charge in [-0.15, -0.1) is 0 Å². The van der Waals surface area contributed by atoms with Crippen LogP contribution in [-0.2, 0) is 10.0 Å². The van der Waals surface area contributed by atoms with Crippen LogP contribution in [0.1, 0.15) is 25.3 Å². The molecule has 0 bridgehead atoms. The summed E-state index contributed by atoms with van der Waals surface area (Å²) < 4.78 is 25.6. The molecule has 2 amide bonds. The van der Waals surface area contributed by atoms with Gasteiger partial charge in [0.05, 0.1) is 4.90 Å². The van der Waals surface area contributed by atoms with Gasteiger partial charge < -0.3 is 10.4 Å². The van der Waals surface area contributed by atoms with E-state index in [-0.39, 0.29) is 10.6 Å². The van der Waals surface area contributed by atoms with Crippen molar-refractivity contribution < 1.29 is 18.3 Å². The Morgan fingerprint density at radius 1 is 1.37 bits per heavy atom. The number of aryl methyl sites for hydroxylation is 1. The summed E-state index contributed by atoms with van der Waals surface area (Å²) in [4.78, 5) is 11.2. The van der Waals surface area contributed by atoms with Crippen molar-refractivity contribution in [2.75, 3.05) is 6.54 Å². The van der Waals surface area contributed by atoms with Crippen molar-refractivity contribution >= 4 is 16.1 Å². The Labute approximate surface area is 112 Å². The molecule has 1 aromatic rings. The summed E-state index contributed by atoms with van der Waals surface area (Å²) in [5.41, 5.74) is 0.561. The van der Waals surface area contributed by atoms with E-state index in [9.17, 15) is 18.3 Å². The maximum atomic E-state index is 11.9. The summed E-state index contributed by atoms with van der Waals surface area (Å²) in [5.74, 6) is -0.130. The van der Waals surface area contributed by atoms with Gasteiger partial charge in [0.2, 0.25) is 0 Å². The number of phenolic OH excluding ortho intramolecular Hbond substituents is 1. The van der Waals surface area contributed by atoms with E-state index in [0.717, 1.165) is 18.9 Å². The van der Waals surface area contributed by atoms with Crippen LogP contribution < -0.4 is 10.0 Å². The lowest BCUT2D eigenvalue weighted by Gasteiger charge is -2.09. The molecule has 6 nitrogen and oxygen atoms in total. The number of rotatable bonds is 5. The number of sulfonamides is 1. The van der Waals surface area contributed by atoms with E-state index in [4.69, 9.17) is 0 Å². The molecule has 0 radical (unpaired) electrons. The van der Waals surface area contributed by atoms with Crippen LogP contribution in [0.2, 0.25) is 0 Å². The van der Waals surface area contributed by atoms with Gasteiger partial charge >= 0.3 is 6.03 Å². The molecule has 0 aliphatic rings. The minimum atomic E-state index is -3.96. The Morgan fingerprint density at radius 3 is 2.63 bits per heavy atom. The first kappa shape index (κ1) is 15.3. The van der Waals surface area contributed by atoms with E-state index in [0.29, 0.717) is 12.1 Å². The molecule has 0 saturated heterocycles. The molecular formula is C12H18N2O4S. The summed E-state index contributed by atoms with van der Waals surface area (Å²) in [6, 6.07) is 3.14. The minimum absolute atomic E-state index is 0.130. The number of phenols is 1. The Balaban J connectivity index is 2.75. The quantitative estimate of drug-likeness (QED) is 0.715. The van der Waals surface area contributed by atoms with Gasteiger partial charge in [-0.1, -0.05) is 19.4 Å². The van der Waals surface area contributed by atoms with Gasteiger partial charge in [-0.05, 0) is 25.0 Å². The van der Waals surface area contributed by atoms with Crippen LogP contribution in [0, 0.1) is 6.92 Å². The molecule has 3 N–H and O–H groups in total. The number of urea groups is 1. The molecule has 0 atom stereocenters. The number of carbonyl (C=O) groups excluding carboxylic acids is 1. The lowest BCUT2D eigenvalue weighted by atomic mass is 10.2. The van der Waals surface area contributed by atoms with Crippen molar-refractivity contribution in [3.05, 3.63) is 23.8 Å². The zero-order valence-electron chi connectivity index (χ0n) is 10.9. The number of hydrogen-bond donors (Lipinski definition) is 3. The lowest BCUT2D eigenvalue weighted by molar-refractivity contribution is 0.245. The summed E-state index contributed by atoms with van der Waals surface area (Å²) in [6.07, 6.45) is 1.68. The Bertz CT molecular complexity index is 555. The molecule has 7 heteroatoms. The first-order chi connectivity index (χ1) is 8.86. The van der Waals surface area contributed by atoms with Crippen molar-refractivity contribution in [1.82, 2.24) is 10.0 Å². The second-order valence-corrected chi connectivity index (χ2v) is 5.85. The molecule has 19 heavy (non-hydrogen) atoms. The smallest absolute Gasteiger partial charge is 0.328 e. The van der Waals surface area contributed by atoms with E-state index in [1.165, 1.54) is 12.1 Å². The second-order valence-electron chi connectivity index (χ2n) is 4.16. The van der Waals surface area contributed by atoms with E-state index in [1.54, 1.807) is 6.92 Å². The van der Waals surface area contributed by atoms with Gasteiger partial charge in [-0.3, -0.25) is 0 Å². The zero-order valence-corrected chi connectivity index (χ0v) is 11.8. The fourth-order valence-corrected chi connectivity index (χ4v) is 2.30. The SMILES string of the molecule is CCCCNC(=O)NS(=O)(=O)c1ccc(C)c(O)c1. The molecular weight excluding hydrogens is 268 g/mol. The van der Waals surface area contributed by atoms with Crippen LogP contribution in [0.15, 0.2) is 23.1 Å². The third-order valence-corrected chi connectivity index (χ3v) is 3.86. The number of nitrogens with one attached hydrogen (secondary N) is 2. The molecule has 0 aliphatic heterocycles. The number of hydrogen-bond acceptors (Lipinski definition) is 4. The normalized spacial score (nSPS) is 11.1. The van der Waals surface area contributed by atoms with Gasteiger partial charge in [0.1, 0.15) is 5.75 Å². The van der Waals surface area contributed by atoms with Crippen molar-refractivity contribution in [3.8, 4) is 5.75 Å². The zero-order chi connectivity index (χ0) is 14.5. The van der Waals surface area contributed by atoms with Crippen LogP contribution in [-0.4, -0.2) is 26.1 Å². The molecule has 106 valence electrons. The second kappa shape index (κ2) is 6.42. The molecule has 0 fully saturated rings. The van der Waals surface area contributed by atoms with E-state index < -0.39 is 16.1 Å². The molecule has 0 spiro atoms. The first-order valence-electron chi connectivity index (χ1n) is 5.97. The van der Waals surface area contributed by atoms with Crippen molar-refractivity contribution in [2.45, 2.75) is 31.6 Å². The summed E-state index contributed by atoms with van der Waals surface area (Å²) in [6.45, 7) is 4.03. The maximum Gasteiger partial charge on any atom is 0.328 e. The van der Waals surface area contributed by atoms with E-state index in [1.807, 2.05) is 11.6 Å². The average molecular weight is 286 g/mol. The average Bonchev–Trinajstić information content (AvgIpc) is 2.32. The van der Waals surface area contributed by atoms with E-state index in [2.05, 4.69) is 5.32 Å². The van der Waals surface area contributed by atoms with Gasteiger partial charge in [-0.2, -0.15) is 0 Å². The molecule has 0 saturated carbocycles. The van der Waals surface area contributed by atoms with Crippen molar-refractivity contribution in [1.29, 1.82) is 0 Å². The van der Waals surface area contributed by atoms with Crippen LogP contribution >= 0.6 is 0 Å². The number of carbonyl (C=O) groups is 1. The highest BCUT2D eigenvalue weighted by Crippen LogP contribution is 2.20. The molecule has 0 aromatic heterocycles. The molecule has 0 unspecified atom stereocenters. The van der Waals surface area contributed by atoms with Crippen molar-refractivity contribution in [3.63, 3.8) is 0 Å². The van der Waals surface area contributed by atoms with Crippen molar-refractivity contribution in [2.24, 2.45) is 0 Å². The fraction of sp³-hybridized carbons (Fsp3) is 0.417. The summed E-state index contributed by atoms with van der Waals surface area (Å²) >= 11 is 0. The number of aromatic hydroxyl groups is 1. The van der Waals surface area contributed by atoms with Crippen LogP contribution in [0.5, 0.6) is 5.75 Å². The molecule has 1 rings (SSSR count). The number of benzene rings is 1. The predicted octanol–water partition coefficient (Wildman–Crippen LogP) is 1.49. The molecule has 0 aliphatic carbocycles. The highest BCUT2D eigenvalue weighted by atomic mass is 32.2. The Morgan fingerprint density at radius 2 is 2.05 bits per heavy atom. The monoisotopic (exact) mass is 286 g/mol. The molecule has 0 heterocycles. The standard InChI is InChI=1S/C12H18N2O4S/c1-3-4-7-13-12(16)14-19(17,18)10-6-5-9(2)11(15)8-10/h5-6,8,15H,3-4,7H2,1-2H3,(H2,13,14,16). The highest BCUT2D eigenvalue weighted by molar-refractivity contribution is 7.90. The number of amides is 2. The van der Waals surface area contributed by atoms with Crippen LogP contribution in [0.4, 0.5) is 4.79 Å². The summed E-state index contributed by atoms with van der Waals surface area (Å²) in [7, 11) is -3.96. The Hall–Kier alpha value is -1.76. The van der Waals surface area contributed by atoms with E-state index >= 15 is 0 Å². The first-order valence-corrected chi connectivity index (χ1v) is 7.45. The van der Waals surface area contributed by atoms with Crippen LogP contribution in [0.3, 0.4) is 0 Å². The fourth-order valence-electron chi connectivity index (χ4n) is 1.35. The number of unbranched alkanes of at least 4 members (excludes halogenated alkanes) is 1. The third-order valence-electron chi connectivity index (χ3n) is 2.53. The lowest BCUT2D eigenvalue weighted by Crippen LogP contribution is -2.39. The van der Waals surface area contributed by atoms with Gasteiger partial charge in [0.15, 0.2) is 0 Å². The van der Waals surface area contributed by atoms with Gasteiger partial charge in [0, 0.05) is 12.6 Å². The van der Waals surface area contributed by atoms with Gasteiger partial charge in [0.25, 0.3) is 10.0 Å².